The number of halogens is 1. The van der Waals surface area contributed by atoms with Gasteiger partial charge in [0.15, 0.2) is 0 Å². The fourth-order valence-electron chi connectivity index (χ4n) is 3.80. The van der Waals surface area contributed by atoms with Crippen LogP contribution in [0, 0.1) is 19.7 Å². The van der Waals surface area contributed by atoms with Crippen molar-refractivity contribution in [1.82, 2.24) is 15.3 Å². The molecule has 0 saturated heterocycles. The quantitative estimate of drug-likeness (QED) is 0.470. The lowest BCUT2D eigenvalue weighted by atomic mass is 9.95. The molecule has 2 aromatic heterocycles. The van der Waals surface area contributed by atoms with Gasteiger partial charge in [-0.15, -0.1) is 0 Å². The van der Waals surface area contributed by atoms with E-state index >= 15 is 0 Å². The largest absolute Gasteiger partial charge is 0.384 e. The lowest BCUT2D eigenvalue weighted by Crippen LogP contribution is -2.15. The number of hydrogen-bond acceptors (Lipinski definition) is 1. The van der Waals surface area contributed by atoms with Gasteiger partial charge in [0.1, 0.15) is 13.7 Å². The third-order valence-corrected chi connectivity index (χ3v) is 5.24. The Labute approximate surface area is 159 Å². The molecule has 0 saturated carbocycles. The fraction of sp³-hybridized carbons (Fsp3) is 0.182. The molecular formula is C22H23BFN3. The Kier molecular flexibility index (Phi) is 4.30. The van der Waals surface area contributed by atoms with Gasteiger partial charge >= 0.3 is 0 Å². The van der Waals surface area contributed by atoms with Crippen molar-refractivity contribution in [2.45, 2.75) is 20.3 Å². The van der Waals surface area contributed by atoms with Gasteiger partial charge in [0.2, 0.25) is 0 Å². The summed E-state index contributed by atoms with van der Waals surface area (Å²) in [5.41, 5.74) is 8.09. The maximum atomic E-state index is 14.1. The van der Waals surface area contributed by atoms with Crippen LogP contribution in [0.5, 0.6) is 0 Å². The molecule has 0 spiro atoms. The van der Waals surface area contributed by atoms with Crippen LogP contribution in [-0.4, -0.2) is 24.4 Å². The zero-order valence-corrected chi connectivity index (χ0v) is 16.0. The number of aromatic nitrogens is 2. The summed E-state index contributed by atoms with van der Waals surface area (Å²) in [6.07, 6.45) is 0.800. The molecule has 0 fully saturated rings. The van der Waals surface area contributed by atoms with Crippen molar-refractivity contribution in [3.8, 4) is 0 Å². The highest BCUT2D eigenvalue weighted by Gasteiger charge is 2.14. The smallest absolute Gasteiger partial charge is 0.147 e. The second-order valence-electron chi connectivity index (χ2n) is 7.27. The second-order valence-corrected chi connectivity index (χ2v) is 7.27. The minimum Gasteiger partial charge on any atom is -0.384 e. The second kappa shape index (κ2) is 6.65. The highest BCUT2D eigenvalue weighted by atomic mass is 19.1. The van der Waals surface area contributed by atoms with Crippen LogP contribution in [0.25, 0.3) is 27.5 Å². The SMILES string of the molecule is Bc1ccc2[nH]c(C(=C)NCCc3c(C)[nH]c4c(F)ccc(C)c34)cc2c1. The monoisotopic (exact) mass is 359 g/mol. The topological polar surface area (TPSA) is 43.6 Å². The maximum Gasteiger partial charge on any atom is 0.147 e. The lowest BCUT2D eigenvalue weighted by Gasteiger charge is -2.09. The van der Waals surface area contributed by atoms with Gasteiger partial charge < -0.3 is 15.3 Å². The molecule has 0 aliphatic rings. The number of rotatable bonds is 5. The third-order valence-electron chi connectivity index (χ3n) is 5.24. The van der Waals surface area contributed by atoms with Gasteiger partial charge in [-0.25, -0.2) is 4.39 Å². The van der Waals surface area contributed by atoms with E-state index in [0.29, 0.717) is 5.52 Å². The van der Waals surface area contributed by atoms with Crippen molar-refractivity contribution in [2.24, 2.45) is 0 Å². The molecule has 2 aromatic carbocycles. The lowest BCUT2D eigenvalue weighted by molar-refractivity contribution is 0.637. The van der Waals surface area contributed by atoms with Gasteiger partial charge in [0.25, 0.3) is 0 Å². The highest BCUT2D eigenvalue weighted by Crippen LogP contribution is 2.28. The van der Waals surface area contributed by atoms with Crippen LogP contribution < -0.4 is 10.8 Å². The minimum absolute atomic E-state index is 0.198. The zero-order chi connectivity index (χ0) is 19.1. The Morgan fingerprint density at radius 1 is 1.15 bits per heavy atom. The van der Waals surface area contributed by atoms with E-state index in [1.54, 1.807) is 0 Å². The van der Waals surface area contributed by atoms with Gasteiger partial charge in [-0.05, 0) is 55.0 Å². The summed E-state index contributed by atoms with van der Waals surface area (Å²) >= 11 is 0. The Morgan fingerprint density at radius 3 is 2.78 bits per heavy atom. The average molecular weight is 359 g/mol. The molecular weight excluding hydrogens is 336 g/mol. The summed E-state index contributed by atoms with van der Waals surface area (Å²) in [5, 5.41) is 5.59. The fourth-order valence-corrected chi connectivity index (χ4v) is 3.80. The third kappa shape index (κ3) is 3.14. The van der Waals surface area contributed by atoms with Crippen LogP contribution >= 0.6 is 0 Å². The van der Waals surface area contributed by atoms with E-state index in [2.05, 4.69) is 54.0 Å². The molecule has 4 aromatic rings. The van der Waals surface area contributed by atoms with Crippen LogP contribution in [0.1, 0.15) is 22.5 Å². The molecule has 3 nitrogen and oxygen atoms in total. The Balaban J connectivity index is 1.51. The first-order chi connectivity index (χ1) is 12.9. The number of benzene rings is 2. The van der Waals surface area contributed by atoms with E-state index in [9.17, 15) is 4.39 Å². The zero-order valence-electron chi connectivity index (χ0n) is 16.0. The highest BCUT2D eigenvalue weighted by molar-refractivity contribution is 6.33. The molecule has 0 radical (unpaired) electrons. The predicted octanol–water partition coefficient (Wildman–Crippen LogP) is 3.47. The van der Waals surface area contributed by atoms with Crippen molar-refractivity contribution in [3.05, 3.63) is 71.3 Å². The number of H-pyrrole nitrogens is 2. The van der Waals surface area contributed by atoms with Crippen molar-refractivity contribution >= 4 is 40.8 Å². The van der Waals surface area contributed by atoms with E-state index in [-0.39, 0.29) is 5.82 Å². The summed E-state index contributed by atoms with van der Waals surface area (Å²) in [6, 6.07) is 11.8. The van der Waals surface area contributed by atoms with E-state index in [1.807, 2.05) is 19.9 Å². The van der Waals surface area contributed by atoms with E-state index < -0.39 is 0 Å². The number of aromatic amines is 2. The summed E-state index contributed by atoms with van der Waals surface area (Å²) in [6.45, 7) is 8.93. The van der Waals surface area contributed by atoms with E-state index in [1.165, 1.54) is 16.9 Å². The molecule has 0 atom stereocenters. The van der Waals surface area contributed by atoms with Gasteiger partial charge in [0, 0.05) is 23.1 Å². The maximum absolute atomic E-state index is 14.1. The molecule has 136 valence electrons. The summed E-state index contributed by atoms with van der Waals surface area (Å²) in [4.78, 5) is 6.60. The van der Waals surface area contributed by atoms with Crippen LogP contribution in [-0.2, 0) is 6.42 Å². The molecule has 0 amide bonds. The van der Waals surface area contributed by atoms with Gasteiger partial charge in [-0.2, -0.15) is 0 Å². The first-order valence-corrected chi connectivity index (χ1v) is 9.23. The van der Waals surface area contributed by atoms with Gasteiger partial charge in [0.05, 0.1) is 16.9 Å². The molecule has 0 aliphatic heterocycles. The normalized spacial score (nSPS) is 11.4. The van der Waals surface area contributed by atoms with Crippen LogP contribution in [0.15, 0.2) is 43.0 Å². The summed E-state index contributed by atoms with van der Waals surface area (Å²) < 4.78 is 14.1. The number of fused-ring (bicyclic) bond motifs is 2. The summed E-state index contributed by atoms with van der Waals surface area (Å²) in [7, 11) is 2.09. The standard InChI is InChI=1S/C22H23BFN3/c1-12-4-6-18(24)22-21(12)17(13(2)26-22)8-9-25-14(3)20-11-15-10-16(23)5-7-19(15)27-20/h4-7,10-11,25-27H,3,8-9,23H2,1-2H3. The average Bonchev–Trinajstić information content (AvgIpc) is 3.20. The molecule has 27 heavy (non-hydrogen) atoms. The van der Waals surface area contributed by atoms with Gasteiger partial charge in [-0.1, -0.05) is 30.2 Å². The number of nitrogens with one attached hydrogen (secondary N) is 3. The Bertz CT molecular complexity index is 1170. The van der Waals surface area contributed by atoms with Crippen molar-refractivity contribution in [1.29, 1.82) is 0 Å². The molecule has 4 rings (SSSR count). The predicted molar refractivity (Wildman–Crippen MR) is 115 cm³/mol. The van der Waals surface area contributed by atoms with E-state index in [4.69, 9.17) is 0 Å². The van der Waals surface area contributed by atoms with Crippen LogP contribution in [0.4, 0.5) is 4.39 Å². The summed E-state index contributed by atoms with van der Waals surface area (Å²) in [5.74, 6) is -0.198. The number of hydrogen-bond donors (Lipinski definition) is 3. The molecule has 3 N–H and O–H groups in total. The van der Waals surface area contributed by atoms with Crippen LogP contribution in [0.2, 0.25) is 0 Å². The molecule has 5 heteroatoms. The first-order valence-electron chi connectivity index (χ1n) is 9.23. The van der Waals surface area contributed by atoms with Crippen molar-refractivity contribution in [2.75, 3.05) is 6.54 Å². The van der Waals surface area contributed by atoms with Gasteiger partial charge in [-0.3, -0.25) is 0 Å². The van der Waals surface area contributed by atoms with Crippen LogP contribution in [0.3, 0.4) is 0 Å². The molecule has 0 bridgehead atoms. The number of aryl methyl sites for hydroxylation is 2. The Morgan fingerprint density at radius 2 is 1.96 bits per heavy atom. The Hall–Kier alpha value is -2.95. The van der Waals surface area contributed by atoms with Crippen molar-refractivity contribution < 1.29 is 4.39 Å². The first kappa shape index (κ1) is 17.5. The van der Waals surface area contributed by atoms with E-state index in [0.717, 1.165) is 52.1 Å². The molecule has 0 aliphatic carbocycles. The minimum atomic E-state index is -0.198. The van der Waals surface area contributed by atoms with Crippen molar-refractivity contribution in [3.63, 3.8) is 0 Å². The molecule has 2 heterocycles. The molecule has 0 unspecified atom stereocenters.